The summed E-state index contributed by atoms with van der Waals surface area (Å²) in [5.41, 5.74) is 1.11. The van der Waals surface area contributed by atoms with Crippen LogP contribution >= 0.6 is 0 Å². The van der Waals surface area contributed by atoms with Gasteiger partial charge in [-0.3, -0.25) is 38.7 Å². The van der Waals surface area contributed by atoms with E-state index >= 15 is 0 Å². The average molecular weight is 905 g/mol. The number of fused-ring (bicyclic) bond motifs is 2. The van der Waals surface area contributed by atoms with Crippen molar-refractivity contribution in [1.82, 2.24) is 0 Å². The highest BCUT2D eigenvalue weighted by molar-refractivity contribution is 7.96. The molecule has 0 aromatic heterocycles. The number of anilines is 4. The van der Waals surface area contributed by atoms with E-state index in [0.717, 1.165) is 72.8 Å². The van der Waals surface area contributed by atoms with Gasteiger partial charge in [-0.1, -0.05) is 6.07 Å². The summed E-state index contributed by atoms with van der Waals surface area (Å²) in [6, 6.07) is 10.8. The zero-order valence-corrected chi connectivity index (χ0v) is 32.6. The second-order valence-corrected chi connectivity index (χ2v) is 17.9. The van der Waals surface area contributed by atoms with Gasteiger partial charge in [-0.25, -0.2) is 4.79 Å². The molecular weight excluding hydrogens is 881 g/mol. The van der Waals surface area contributed by atoms with Crippen LogP contribution in [0.5, 0.6) is 11.5 Å². The number of carbonyl (C=O) groups is 3. The minimum absolute atomic E-state index is 0.0429. The lowest BCUT2D eigenvalue weighted by Crippen LogP contribution is -2.40. The van der Waals surface area contributed by atoms with Crippen LogP contribution < -0.4 is 31.9 Å². The quantitative estimate of drug-likeness (QED) is 0.0601. The number of amides is 2. The van der Waals surface area contributed by atoms with Crippen molar-refractivity contribution in [2.24, 2.45) is 10.2 Å². The predicted octanol–water partition coefficient (Wildman–Crippen LogP) is 0.956. The molecule has 4 aromatic carbocycles. The Labute approximate surface area is 336 Å². The summed E-state index contributed by atoms with van der Waals surface area (Å²) in [4.78, 5) is 36.0. The third-order valence-electron chi connectivity index (χ3n) is 8.22. The van der Waals surface area contributed by atoms with Crippen LogP contribution in [0.25, 0.3) is 17.1 Å². The third-order valence-corrected chi connectivity index (χ3v) is 11.7. The highest BCUT2D eigenvalue weighted by Crippen LogP contribution is 2.31. The summed E-state index contributed by atoms with van der Waals surface area (Å²) in [7, 11) is -19.9. The Bertz CT molecular complexity index is 3290. The van der Waals surface area contributed by atoms with Gasteiger partial charge in [-0.2, -0.15) is 43.9 Å². The number of urea groups is 1. The summed E-state index contributed by atoms with van der Waals surface area (Å²) >= 11 is 0. The lowest BCUT2D eigenvalue weighted by Gasteiger charge is -2.17. The molecule has 4 aromatic rings. The van der Waals surface area contributed by atoms with Crippen molar-refractivity contribution in [1.29, 1.82) is 0 Å². The molecule has 0 spiro atoms. The molecule has 0 saturated heterocycles. The van der Waals surface area contributed by atoms with E-state index in [4.69, 9.17) is 0 Å². The van der Waals surface area contributed by atoms with E-state index < -0.39 is 112 Å². The number of allylic oxidation sites excluding steroid dienone is 1. The van der Waals surface area contributed by atoms with Gasteiger partial charge in [0.15, 0.2) is 11.4 Å². The van der Waals surface area contributed by atoms with Gasteiger partial charge in [-0.15, -0.1) is 0 Å². The Hall–Kier alpha value is -6.85. The number of hydrogen-bond acceptors (Lipinski definition) is 17. The van der Waals surface area contributed by atoms with Crippen molar-refractivity contribution >= 4 is 109 Å². The van der Waals surface area contributed by atoms with Crippen LogP contribution in [0.1, 0.15) is 15.9 Å². The fourth-order valence-corrected chi connectivity index (χ4v) is 8.08. The fourth-order valence-electron chi connectivity index (χ4n) is 5.56. The number of hydrazone groups is 2. The third kappa shape index (κ3) is 9.06. The molecule has 0 bridgehead atoms. The fraction of sp³-hybridized carbons (Fsp3) is 0. The van der Waals surface area contributed by atoms with Crippen molar-refractivity contribution in [2.75, 3.05) is 21.5 Å². The molecule has 0 saturated carbocycles. The number of Topliss-reactive ketones (excluding diaryl/α,β-unsaturated/α-hetero) is 2. The van der Waals surface area contributed by atoms with Gasteiger partial charge < -0.3 is 20.8 Å². The van der Waals surface area contributed by atoms with Crippen molar-refractivity contribution in [3.8, 4) is 11.5 Å². The molecular formula is C33H24N6O17S4. The van der Waals surface area contributed by atoms with Crippen LogP contribution in [0.4, 0.5) is 27.5 Å². The molecule has 2 aliphatic carbocycles. The molecule has 60 heavy (non-hydrogen) atoms. The highest BCUT2D eigenvalue weighted by atomic mass is 32.2. The summed E-state index contributed by atoms with van der Waals surface area (Å²) in [6.07, 6.45) is 1.71. The Morgan fingerprint density at radius 1 is 0.567 bits per heavy atom. The molecule has 2 aliphatic rings. The van der Waals surface area contributed by atoms with E-state index in [9.17, 15) is 76.5 Å². The van der Waals surface area contributed by atoms with E-state index in [2.05, 4.69) is 31.7 Å². The van der Waals surface area contributed by atoms with Gasteiger partial charge >= 0.3 is 6.03 Å². The second kappa shape index (κ2) is 15.4. The van der Waals surface area contributed by atoms with Crippen molar-refractivity contribution in [3.63, 3.8) is 0 Å². The van der Waals surface area contributed by atoms with Gasteiger partial charge in [-0.05, 0) is 89.7 Å². The highest BCUT2D eigenvalue weighted by Gasteiger charge is 2.34. The van der Waals surface area contributed by atoms with Crippen molar-refractivity contribution < 1.29 is 76.5 Å². The van der Waals surface area contributed by atoms with E-state index in [1.807, 2.05) is 0 Å². The lowest BCUT2D eigenvalue weighted by atomic mass is 9.94. The van der Waals surface area contributed by atoms with Gasteiger partial charge in [0.25, 0.3) is 40.5 Å². The van der Waals surface area contributed by atoms with Crippen LogP contribution in [0.3, 0.4) is 0 Å². The molecule has 10 N–H and O–H groups in total. The number of phenolic OH excluding ortho intramolecular Hbond substituents is 2. The summed E-state index contributed by atoms with van der Waals surface area (Å²) in [6.45, 7) is 0. The largest absolute Gasteiger partial charge is 0.506 e. The summed E-state index contributed by atoms with van der Waals surface area (Å²) in [5.74, 6) is -3.43. The lowest BCUT2D eigenvalue weighted by molar-refractivity contribution is -0.107. The standard InChI is InChI=1S/C33H24N6O17S4/c40-25-7-3-19(57(45,46)47)13-23(25)36-38-29-27(42)11-15-9-18(2-6-22(15)32(29)60(54,55)56)35-33(44)34-17-1-5-21-16(10-17)12-28(59(51,52)53)30(31(21)43)39-37-24-14-20(58(48,49)50)4-8-26(24)41/h1-14,36-37,40-41H,(H2,34,35,44)(H,45,46,47)(H,48,49,50)(H,51,52,53)(H,54,55,56). The summed E-state index contributed by atoms with van der Waals surface area (Å²) in [5, 5.41) is 31.9. The number of phenols is 2. The first-order valence-electron chi connectivity index (χ1n) is 15.9. The van der Waals surface area contributed by atoms with Gasteiger partial charge in [0.05, 0.1) is 21.2 Å². The second-order valence-electron chi connectivity index (χ2n) is 12.3. The molecule has 312 valence electrons. The van der Waals surface area contributed by atoms with Crippen LogP contribution in [0.15, 0.2) is 97.7 Å². The average Bonchev–Trinajstić information content (AvgIpc) is 3.12. The maximum Gasteiger partial charge on any atom is 0.323 e. The number of rotatable bonds is 10. The Morgan fingerprint density at radius 2 is 1.08 bits per heavy atom. The van der Waals surface area contributed by atoms with E-state index in [1.165, 1.54) is 12.1 Å². The number of carbonyl (C=O) groups excluding carboxylic acids is 3. The molecule has 0 fully saturated rings. The molecule has 0 unspecified atom stereocenters. The van der Waals surface area contributed by atoms with Crippen LogP contribution in [-0.4, -0.2) is 91.1 Å². The Kier molecular flexibility index (Phi) is 11.0. The molecule has 0 heterocycles. The summed E-state index contributed by atoms with van der Waals surface area (Å²) < 4.78 is 134. The number of benzene rings is 4. The molecule has 27 heteroatoms. The zero-order valence-electron chi connectivity index (χ0n) is 29.3. The molecule has 0 aliphatic heterocycles. The van der Waals surface area contributed by atoms with Gasteiger partial charge in [0.2, 0.25) is 11.6 Å². The molecule has 2 amide bonds. The first kappa shape index (κ1) is 42.7. The Morgan fingerprint density at radius 3 is 1.60 bits per heavy atom. The monoisotopic (exact) mass is 904 g/mol. The minimum atomic E-state index is -5.22. The first-order valence-corrected chi connectivity index (χ1v) is 21.7. The van der Waals surface area contributed by atoms with Crippen molar-refractivity contribution in [3.05, 3.63) is 99.3 Å². The number of ketones is 2. The van der Waals surface area contributed by atoms with Gasteiger partial charge in [0, 0.05) is 22.2 Å². The van der Waals surface area contributed by atoms with E-state index in [0.29, 0.717) is 0 Å². The number of aromatic hydroxyl groups is 2. The zero-order chi connectivity index (χ0) is 44.1. The molecule has 0 radical (unpaired) electrons. The molecule has 6 rings (SSSR count). The maximum absolute atomic E-state index is 13.4. The van der Waals surface area contributed by atoms with Crippen molar-refractivity contribution in [2.45, 2.75) is 9.79 Å². The normalized spacial score (nSPS) is 15.7. The minimum Gasteiger partial charge on any atom is -0.506 e. The van der Waals surface area contributed by atoms with E-state index in [-0.39, 0.29) is 32.9 Å². The van der Waals surface area contributed by atoms with E-state index in [1.54, 1.807) is 0 Å². The van der Waals surface area contributed by atoms with Gasteiger partial charge in [0.1, 0.15) is 21.3 Å². The molecule has 0 atom stereocenters. The SMILES string of the molecule is O=C(Nc1ccc2c(c1)C=C(S(=O)(=O)O)C(=NNc1cc(S(=O)(=O)O)ccc1O)C2=O)Nc1ccc2c(c1)=CC(=O)C(=NNc1cc(S(=O)(=O)O)ccc1O)C=2S(=O)(=O)O. The predicted molar refractivity (Wildman–Crippen MR) is 211 cm³/mol. The Balaban J connectivity index is 1.25. The van der Waals surface area contributed by atoms with Crippen LogP contribution in [0.2, 0.25) is 0 Å². The number of nitrogens with one attached hydrogen (secondary N) is 4. The van der Waals surface area contributed by atoms with Crippen LogP contribution in [-0.2, 0) is 45.3 Å². The maximum atomic E-state index is 13.4. The first-order chi connectivity index (χ1) is 27.8. The van der Waals surface area contributed by atoms with Crippen LogP contribution in [0, 0.1) is 0 Å². The number of nitrogens with zero attached hydrogens (tertiary/aromatic N) is 2. The smallest absolute Gasteiger partial charge is 0.323 e. The topological polar surface area (TPSA) is 382 Å². The molecule has 23 nitrogen and oxygen atoms in total. The number of hydrogen-bond donors (Lipinski definition) is 10.